The number of aromatic nitrogens is 1. The van der Waals surface area contributed by atoms with Crippen molar-refractivity contribution in [3.05, 3.63) is 175 Å². The van der Waals surface area contributed by atoms with Crippen molar-refractivity contribution in [3.63, 3.8) is 0 Å². The van der Waals surface area contributed by atoms with E-state index in [-0.39, 0.29) is 5.41 Å². The zero-order valence-electron chi connectivity index (χ0n) is 28.9. The van der Waals surface area contributed by atoms with Crippen LogP contribution in [0.25, 0.3) is 57.7 Å². The molecule has 0 spiro atoms. The van der Waals surface area contributed by atoms with Gasteiger partial charge in [-0.2, -0.15) is 0 Å². The fourth-order valence-corrected chi connectivity index (χ4v) is 9.83. The molecule has 0 bridgehead atoms. The molecule has 0 amide bonds. The number of rotatable bonds is 6. The van der Waals surface area contributed by atoms with Crippen LogP contribution in [-0.2, 0) is 5.41 Å². The smallest absolute Gasteiger partial charge is 0.124 e. The first-order valence-corrected chi connectivity index (χ1v) is 19.0. The van der Waals surface area contributed by atoms with Gasteiger partial charge in [0.1, 0.15) is 5.01 Å². The Bertz CT molecular complexity index is 2690. The summed E-state index contributed by atoms with van der Waals surface area (Å²) in [5.41, 5.74) is 13.0. The van der Waals surface area contributed by atoms with Gasteiger partial charge in [-0.15, -0.1) is 22.7 Å². The number of benzene rings is 6. The molecule has 6 aromatic carbocycles. The van der Waals surface area contributed by atoms with E-state index in [9.17, 15) is 0 Å². The lowest BCUT2D eigenvalue weighted by Crippen LogP contribution is -2.16. The highest BCUT2D eigenvalue weighted by atomic mass is 32.1. The minimum atomic E-state index is -0.158. The summed E-state index contributed by atoms with van der Waals surface area (Å²) in [5.74, 6) is 0. The van der Waals surface area contributed by atoms with Crippen molar-refractivity contribution in [2.24, 2.45) is 0 Å². The summed E-state index contributed by atoms with van der Waals surface area (Å²) in [6.45, 7) is 10.8. The fourth-order valence-electron chi connectivity index (χ4n) is 7.69. The van der Waals surface area contributed by atoms with Gasteiger partial charge < -0.3 is 4.90 Å². The lowest BCUT2D eigenvalue weighted by Gasteiger charge is -2.28. The summed E-state index contributed by atoms with van der Waals surface area (Å²) in [5, 5.41) is 3.64. The molecule has 0 saturated carbocycles. The molecule has 246 valence electrons. The van der Waals surface area contributed by atoms with Crippen LogP contribution in [0.3, 0.4) is 0 Å². The fraction of sp³-hybridized carbons (Fsp3) is 0.0851. The van der Waals surface area contributed by atoms with E-state index >= 15 is 0 Å². The Balaban J connectivity index is 1.17. The van der Waals surface area contributed by atoms with E-state index in [4.69, 9.17) is 4.98 Å². The largest absolute Gasteiger partial charge is 0.310 e. The predicted octanol–water partition coefficient (Wildman–Crippen LogP) is 14.3. The van der Waals surface area contributed by atoms with E-state index in [2.05, 4.69) is 178 Å². The average Bonchev–Trinajstić information content (AvgIpc) is 3.82. The maximum Gasteiger partial charge on any atom is 0.124 e. The Kier molecular flexibility index (Phi) is 7.61. The molecule has 8 aromatic rings. The molecule has 2 aromatic heterocycles. The summed E-state index contributed by atoms with van der Waals surface area (Å²) in [7, 11) is 0. The van der Waals surface area contributed by atoms with Crippen molar-refractivity contribution >= 4 is 75.7 Å². The number of hydrogen-bond donors (Lipinski definition) is 0. The standard InChI is InChI=1S/C47H36N2S2/c1-5-12-40-36(6-2)37-24-21-33(27-41(37)47(40,3)4)49(34-22-25-39-38-15-10-11-16-43(38)50-44(39)28-34)35-23-26-42-45(29-35)51-46(48-42)32-19-17-31(18-20-32)30-13-8-7-9-14-30/h5-29H,1H2,2-4H3/b36-6-,40-12+. The molecule has 1 aliphatic rings. The van der Waals surface area contributed by atoms with Crippen molar-refractivity contribution in [3.8, 4) is 21.7 Å². The maximum atomic E-state index is 5.09. The lowest BCUT2D eigenvalue weighted by molar-refractivity contribution is 0.661. The topological polar surface area (TPSA) is 16.1 Å². The number of nitrogens with zero attached hydrogens (tertiary/aromatic N) is 2. The molecular weight excluding hydrogens is 657 g/mol. The second-order valence-corrected chi connectivity index (χ2v) is 15.7. The van der Waals surface area contributed by atoms with Crippen LogP contribution in [0.5, 0.6) is 0 Å². The third-order valence-electron chi connectivity index (χ3n) is 10.3. The normalized spacial score (nSPS) is 15.3. The molecule has 51 heavy (non-hydrogen) atoms. The third-order valence-corrected chi connectivity index (χ3v) is 12.5. The Labute approximate surface area is 307 Å². The van der Waals surface area contributed by atoms with Gasteiger partial charge in [0.25, 0.3) is 0 Å². The molecule has 2 heterocycles. The molecule has 0 aliphatic heterocycles. The van der Waals surface area contributed by atoms with Crippen molar-refractivity contribution in [1.29, 1.82) is 0 Å². The van der Waals surface area contributed by atoms with Gasteiger partial charge in [0, 0.05) is 48.2 Å². The summed E-state index contributed by atoms with van der Waals surface area (Å²) < 4.78 is 3.76. The second kappa shape index (κ2) is 12.3. The Morgan fingerprint density at radius 1 is 0.627 bits per heavy atom. The quantitative estimate of drug-likeness (QED) is 0.172. The maximum absolute atomic E-state index is 5.09. The molecule has 0 saturated heterocycles. The Morgan fingerprint density at radius 3 is 2.06 bits per heavy atom. The molecule has 0 fully saturated rings. The van der Waals surface area contributed by atoms with E-state index in [1.165, 1.54) is 53.6 Å². The van der Waals surface area contributed by atoms with Crippen LogP contribution in [-0.4, -0.2) is 4.98 Å². The van der Waals surface area contributed by atoms with Crippen LogP contribution >= 0.6 is 22.7 Å². The van der Waals surface area contributed by atoms with Gasteiger partial charge in [-0.05, 0) is 88.9 Å². The van der Waals surface area contributed by atoms with Crippen molar-refractivity contribution in [1.82, 2.24) is 4.98 Å². The average molecular weight is 693 g/mol. The first kappa shape index (κ1) is 31.4. The minimum Gasteiger partial charge on any atom is -0.310 e. The van der Waals surface area contributed by atoms with Crippen LogP contribution in [0.15, 0.2) is 164 Å². The molecule has 4 heteroatoms. The molecule has 1 aliphatic carbocycles. The second-order valence-electron chi connectivity index (χ2n) is 13.6. The molecule has 9 rings (SSSR count). The lowest BCUT2D eigenvalue weighted by atomic mass is 9.82. The van der Waals surface area contributed by atoms with E-state index in [1.807, 2.05) is 17.4 Å². The highest BCUT2D eigenvalue weighted by molar-refractivity contribution is 7.25. The summed E-state index contributed by atoms with van der Waals surface area (Å²) in [4.78, 5) is 7.50. The number of anilines is 3. The van der Waals surface area contributed by atoms with Gasteiger partial charge in [-0.1, -0.05) is 124 Å². The summed E-state index contributed by atoms with van der Waals surface area (Å²) in [6.07, 6.45) is 6.32. The van der Waals surface area contributed by atoms with E-state index in [0.29, 0.717) is 0 Å². The zero-order valence-corrected chi connectivity index (χ0v) is 30.5. The number of thiophene rings is 1. The number of hydrogen-bond acceptors (Lipinski definition) is 4. The van der Waals surface area contributed by atoms with Crippen LogP contribution in [0.2, 0.25) is 0 Å². The van der Waals surface area contributed by atoms with E-state index in [1.54, 1.807) is 11.3 Å². The molecule has 0 unspecified atom stereocenters. The van der Waals surface area contributed by atoms with Gasteiger partial charge in [0.15, 0.2) is 0 Å². The minimum absolute atomic E-state index is 0.158. The number of fused-ring (bicyclic) bond motifs is 5. The number of thiazole rings is 1. The monoisotopic (exact) mass is 692 g/mol. The van der Waals surface area contributed by atoms with Crippen LogP contribution < -0.4 is 4.90 Å². The third kappa shape index (κ3) is 5.26. The zero-order chi connectivity index (χ0) is 34.7. The van der Waals surface area contributed by atoms with E-state index in [0.717, 1.165) is 37.8 Å². The van der Waals surface area contributed by atoms with Gasteiger partial charge in [0.05, 0.1) is 10.2 Å². The highest BCUT2D eigenvalue weighted by Gasteiger charge is 2.38. The van der Waals surface area contributed by atoms with Crippen molar-refractivity contribution in [2.45, 2.75) is 26.2 Å². The van der Waals surface area contributed by atoms with Gasteiger partial charge in [-0.3, -0.25) is 0 Å². The molecule has 0 atom stereocenters. The Morgan fingerprint density at radius 2 is 1.27 bits per heavy atom. The first-order chi connectivity index (χ1) is 24.9. The highest BCUT2D eigenvalue weighted by Crippen LogP contribution is 2.52. The Hall–Kier alpha value is -5.55. The molecule has 0 radical (unpaired) electrons. The van der Waals surface area contributed by atoms with E-state index < -0.39 is 0 Å². The van der Waals surface area contributed by atoms with Crippen molar-refractivity contribution in [2.75, 3.05) is 4.90 Å². The summed E-state index contributed by atoms with van der Waals surface area (Å²) >= 11 is 3.60. The molecular formula is C47H36N2S2. The van der Waals surface area contributed by atoms with Crippen LogP contribution in [0.4, 0.5) is 17.1 Å². The molecule has 2 nitrogen and oxygen atoms in total. The SMILES string of the molecule is C=C/C=C1\C(=C/C)c2ccc(N(c3ccc4nc(-c5ccc(-c6ccccc6)cc5)sc4c3)c3ccc4c(c3)sc3ccccc34)cc2C1(C)C. The number of allylic oxidation sites excluding steroid dienone is 5. The summed E-state index contributed by atoms with van der Waals surface area (Å²) in [6, 6.07) is 48.6. The molecule has 0 N–H and O–H groups in total. The van der Waals surface area contributed by atoms with Gasteiger partial charge >= 0.3 is 0 Å². The van der Waals surface area contributed by atoms with Gasteiger partial charge in [0.2, 0.25) is 0 Å². The first-order valence-electron chi connectivity index (χ1n) is 17.4. The van der Waals surface area contributed by atoms with Crippen LogP contribution in [0.1, 0.15) is 31.9 Å². The van der Waals surface area contributed by atoms with Gasteiger partial charge in [-0.25, -0.2) is 4.98 Å². The van der Waals surface area contributed by atoms with Crippen molar-refractivity contribution < 1.29 is 0 Å². The van der Waals surface area contributed by atoms with Crippen LogP contribution in [0, 0.1) is 0 Å². The predicted molar refractivity (Wildman–Crippen MR) is 223 cm³/mol.